The number of rotatable bonds is 3. The monoisotopic (exact) mass is 154 g/mol. The summed E-state index contributed by atoms with van der Waals surface area (Å²) < 4.78 is 0. The summed E-state index contributed by atoms with van der Waals surface area (Å²) in [6.07, 6.45) is 9.15. The highest BCUT2D eigenvalue weighted by molar-refractivity contribution is 7.83. The average Bonchev–Trinajstić information content (AvgIpc) is 2.69. The second-order valence-corrected chi connectivity index (χ2v) is 3.22. The van der Waals surface area contributed by atoms with Crippen molar-refractivity contribution in [2.45, 2.75) is 19.8 Å². The van der Waals surface area contributed by atoms with E-state index in [0.717, 1.165) is 11.8 Å². The topological polar surface area (TPSA) is 0 Å². The minimum Gasteiger partial charge on any atom is -0.151 e. The van der Waals surface area contributed by atoms with Gasteiger partial charge in [-0.3, -0.25) is 0 Å². The van der Waals surface area contributed by atoms with Gasteiger partial charge in [0, 0.05) is 0 Å². The molecule has 0 aliphatic heterocycles. The van der Waals surface area contributed by atoms with Crippen LogP contribution in [0.4, 0.5) is 0 Å². The molecule has 0 aromatic heterocycles. The van der Waals surface area contributed by atoms with Crippen LogP contribution in [0.15, 0.2) is 23.6 Å². The van der Waals surface area contributed by atoms with Crippen molar-refractivity contribution in [3.63, 3.8) is 0 Å². The van der Waals surface area contributed by atoms with Gasteiger partial charge in [0.1, 0.15) is 0 Å². The van der Waals surface area contributed by atoms with Gasteiger partial charge in [-0.15, -0.1) is 0 Å². The summed E-state index contributed by atoms with van der Waals surface area (Å²) in [5.41, 5.74) is 0. The van der Waals surface area contributed by atoms with Crippen LogP contribution in [0.3, 0.4) is 0 Å². The molecule has 0 aromatic carbocycles. The molecule has 0 aromatic rings. The maximum Gasteiger partial charge on any atom is -0.0230 e. The van der Waals surface area contributed by atoms with Crippen LogP contribution in [0.1, 0.15) is 19.8 Å². The normalized spacial score (nSPS) is 22.6. The molecule has 0 heterocycles. The van der Waals surface area contributed by atoms with Crippen LogP contribution in [0.2, 0.25) is 0 Å². The van der Waals surface area contributed by atoms with Gasteiger partial charge < -0.3 is 0 Å². The van der Waals surface area contributed by atoms with Crippen molar-refractivity contribution in [2.75, 3.05) is 0 Å². The van der Waals surface area contributed by atoms with Crippen LogP contribution in [0.25, 0.3) is 0 Å². The smallest absolute Gasteiger partial charge is 0.0230 e. The summed E-state index contributed by atoms with van der Waals surface area (Å²) in [6, 6.07) is 0. The summed E-state index contributed by atoms with van der Waals surface area (Å²) in [4.78, 5) is 0. The lowest BCUT2D eigenvalue weighted by atomic mass is 10.1. The molecule has 0 nitrogen and oxygen atoms in total. The highest BCUT2D eigenvalue weighted by Gasteiger charge is 2.25. The first kappa shape index (κ1) is 7.93. The van der Waals surface area contributed by atoms with Crippen LogP contribution in [0.5, 0.6) is 0 Å². The van der Waals surface area contributed by atoms with E-state index in [-0.39, 0.29) is 0 Å². The Morgan fingerprint density at radius 3 is 2.60 bits per heavy atom. The van der Waals surface area contributed by atoms with Crippen molar-refractivity contribution in [3.8, 4) is 0 Å². The lowest BCUT2D eigenvalue weighted by Gasteiger charge is -1.99. The lowest BCUT2D eigenvalue weighted by Crippen LogP contribution is -1.89. The summed E-state index contributed by atoms with van der Waals surface area (Å²) >= 11 is 3.96. The molecule has 10 heavy (non-hydrogen) atoms. The Balaban J connectivity index is 2.21. The number of hydrogen-bond donors (Lipinski definition) is 1. The van der Waals surface area contributed by atoms with E-state index >= 15 is 0 Å². The quantitative estimate of drug-likeness (QED) is 0.469. The van der Waals surface area contributed by atoms with Gasteiger partial charge >= 0.3 is 0 Å². The molecule has 1 fully saturated rings. The Hall–Kier alpha value is -0.170. The van der Waals surface area contributed by atoms with Crippen LogP contribution in [-0.2, 0) is 0 Å². The van der Waals surface area contributed by atoms with E-state index in [4.69, 9.17) is 0 Å². The van der Waals surface area contributed by atoms with Crippen LogP contribution >= 0.6 is 12.6 Å². The third-order valence-electron chi connectivity index (χ3n) is 1.98. The van der Waals surface area contributed by atoms with E-state index in [1.54, 1.807) is 5.41 Å². The molecule has 1 atom stereocenters. The summed E-state index contributed by atoms with van der Waals surface area (Å²) in [6.45, 7) is 2.28. The van der Waals surface area contributed by atoms with Gasteiger partial charge in [0.2, 0.25) is 0 Å². The van der Waals surface area contributed by atoms with Crippen molar-refractivity contribution in [2.24, 2.45) is 11.8 Å². The molecule has 0 saturated heterocycles. The first-order valence-corrected chi connectivity index (χ1v) is 4.34. The minimum absolute atomic E-state index is 0.768. The Bertz CT molecular complexity index is 143. The predicted molar refractivity (Wildman–Crippen MR) is 49.2 cm³/mol. The summed E-state index contributed by atoms with van der Waals surface area (Å²) in [7, 11) is 0. The van der Waals surface area contributed by atoms with Gasteiger partial charge in [-0.2, -0.15) is 12.6 Å². The third-order valence-corrected chi connectivity index (χ3v) is 2.15. The SMILES string of the molecule is CC(/C=C/C=C\S)C1CC1. The molecule has 1 aliphatic carbocycles. The Morgan fingerprint density at radius 2 is 2.10 bits per heavy atom. The molecule has 0 amide bonds. The van der Waals surface area contributed by atoms with Gasteiger partial charge in [-0.25, -0.2) is 0 Å². The molecule has 56 valence electrons. The average molecular weight is 154 g/mol. The maximum absolute atomic E-state index is 3.96. The third kappa shape index (κ3) is 2.61. The summed E-state index contributed by atoms with van der Waals surface area (Å²) in [5.74, 6) is 1.74. The van der Waals surface area contributed by atoms with Crippen LogP contribution in [0, 0.1) is 11.8 Å². The number of thiol groups is 1. The minimum atomic E-state index is 0.768. The molecule has 1 aliphatic rings. The van der Waals surface area contributed by atoms with Crippen molar-refractivity contribution in [1.29, 1.82) is 0 Å². The molecule has 0 radical (unpaired) electrons. The van der Waals surface area contributed by atoms with Gasteiger partial charge in [-0.05, 0) is 30.1 Å². The van der Waals surface area contributed by atoms with Crippen LogP contribution < -0.4 is 0 Å². The molecule has 0 N–H and O–H groups in total. The first-order valence-electron chi connectivity index (χ1n) is 3.82. The van der Waals surface area contributed by atoms with Gasteiger partial charge in [0.05, 0.1) is 0 Å². The fraction of sp³-hybridized carbons (Fsp3) is 0.556. The summed E-state index contributed by atoms with van der Waals surface area (Å²) in [5, 5.41) is 1.76. The zero-order valence-corrected chi connectivity index (χ0v) is 7.22. The highest BCUT2D eigenvalue weighted by Crippen LogP contribution is 2.37. The van der Waals surface area contributed by atoms with Gasteiger partial charge in [0.25, 0.3) is 0 Å². The van der Waals surface area contributed by atoms with Crippen molar-refractivity contribution in [1.82, 2.24) is 0 Å². The maximum atomic E-state index is 3.96. The van der Waals surface area contributed by atoms with E-state index in [1.807, 2.05) is 6.08 Å². The molecule has 1 rings (SSSR count). The Kier molecular flexibility index (Phi) is 3.07. The van der Waals surface area contributed by atoms with Gasteiger partial charge in [-0.1, -0.05) is 25.2 Å². The zero-order valence-electron chi connectivity index (χ0n) is 6.33. The molecule has 0 spiro atoms. The lowest BCUT2D eigenvalue weighted by molar-refractivity contribution is 0.628. The first-order chi connectivity index (χ1) is 4.84. The van der Waals surface area contributed by atoms with Crippen molar-refractivity contribution < 1.29 is 0 Å². The number of allylic oxidation sites excluding steroid dienone is 3. The zero-order chi connectivity index (χ0) is 7.40. The Labute approximate surface area is 68.4 Å². The van der Waals surface area contributed by atoms with E-state index in [1.165, 1.54) is 12.8 Å². The highest BCUT2D eigenvalue weighted by atomic mass is 32.1. The van der Waals surface area contributed by atoms with Crippen LogP contribution in [-0.4, -0.2) is 0 Å². The standard InChI is InChI=1S/C9H14S/c1-8(9-5-6-9)4-2-3-7-10/h2-4,7-10H,5-6H2,1H3/b4-2+,7-3-. The molecular weight excluding hydrogens is 140 g/mol. The Morgan fingerprint density at radius 1 is 1.40 bits per heavy atom. The number of hydrogen-bond acceptors (Lipinski definition) is 1. The molecule has 1 saturated carbocycles. The largest absolute Gasteiger partial charge is 0.151 e. The van der Waals surface area contributed by atoms with Crippen molar-refractivity contribution in [3.05, 3.63) is 23.6 Å². The van der Waals surface area contributed by atoms with E-state index < -0.39 is 0 Å². The fourth-order valence-corrected chi connectivity index (χ4v) is 1.17. The van der Waals surface area contributed by atoms with Crippen molar-refractivity contribution >= 4 is 12.6 Å². The van der Waals surface area contributed by atoms with E-state index in [0.29, 0.717) is 0 Å². The molecule has 1 unspecified atom stereocenters. The second-order valence-electron chi connectivity index (χ2n) is 2.92. The van der Waals surface area contributed by atoms with E-state index in [2.05, 4.69) is 31.7 Å². The molecular formula is C9H14S. The predicted octanol–water partition coefficient (Wildman–Crippen LogP) is 3.03. The molecule has 1 heteroatoms. The van der Waals surface area contributed by atoms with E-state index in [9.17, 15) is 0 Å². The molecule has 0 bridgehead atoms. The fourth-order valence-electron chi connectivity index (χ4n) is 1.07. The van der Waals surface area contributed by atoms with Gasteiger partial charge in [0.15, 0.2) is 0 Å². The second kappa shape index (κ2) is 3.87.